The van der Waals surface area contributed by atoms with Gasteiger partial charge in [0.2, 0.25) is 0 Å². The minimum Gasteiger partial charge on any atom is -0.295 e. The lowest BCUT2D eigenvalue weighted by molar-refractivity contribution is 0.101. The van der Waals surface area contributed by atoms with Crippen LogP contribution in [-0.4, -0.2) is 5.78 Å². The molecule has 0 N–H and O–H groups in total. The summed E-state index contributed by atoms with van der Waals surface area (Å²) in [5, 5.41) is 0. The highest BCUT2D eigenvalue weighted by Gasteiger charge is 2.06. The highest BCUT2D eigenvalue weighted by atomic mass is 16.1. The molecule has 0 aromatic heterocycles. The molecule has 1 rings (SSSR count). The fraction of sp³-hybridized carbons (Fsp3) is 0.364. The molecule has 1 nitrogen and oxygen atoms in total. The number of carbonyl (C=O) groups excluding carboxylic acids is 1. The summed E-state index contributed by atoms with van der Waals surface area (Å²) in [5.41, 5.74) is 3.27. The van der Waals surface area contributed by atoms with Gasteiger partial charge in [0.1, 0.15) is 0 Å². The first-order chi connectivity index (χ1) is 5.66. The molecule has 0 aliphatic carbocycles. The van der Waals surface area contributed by atoms with Crippen LogP contribution in [-0.2, 0) is 6.42 Å². The molecular weight excluding hydrogens is 148 g/mol. The van der Waals surface area contributed by atoms with Gasteiger partial charge < -0.3 is 0 Å². The molecule has 0 saturated heterocycles. The Labute approximate surface area is 73.4 Å². The number of Topliss-reactive ketones (excluding diaryl/α,β-unsaturated/α-hetero) is 1. The Morgan fingerprint density at radius 3 is 2.50 bits per heavy atom. The summed E-state index contributed by atoms with van der Waals surface area (Å²) in [4.78, 5) is 11.2. The number of benzene rings is 1. The first-order valence-corrected chi connectivity index (χ1v) is 4.26. The van der Waals surface area contributed by atoms with Crippen LogP contribution in [0.25, 0.3) is 0 Å². The van der Waals surface area contributed by atoms with Crippen molar-refractivity contribution < 1.29 is 4.79 Å². The van der Waals surface area contributed by atoms with Crippen LogP contribution in [0.15, 0.2) is 18.2 Å². The predicted octanol–water partition coefficient (Wildman–Crippen LogP) is 2.76. The zero-order chi connectivity index (χ0) is 9.14. The summed E-state index contributed by atoms with van der Waals surface area (Å²) >= 11 is 0. The second-order valence-electron chi connectivity index (χ2n) is 3.01. The lowest BCUT2D eigenvalue weighted by atomic mass is 9.98. The van der Waals surface area contributed by atoms with Gasteiger partial charge in [-0.25, -0.2) is 0 Å². The molecule has 0 aliphatic rings. The van der Waals surface area contributed by atoms with Crippen LogP contribution >= 0.6 is 0 Å². The molecule has 64 valence electrons. The number of hydrogen-bond acceptors (Lipinski definition) is 1. The van der Waals surface area contributed by atoms with Gasteiger partial charge in [0.25, 0.3) is 0 Å². The lowest BCUT2D eigenvalue weighted by Crippen LogP contribution is -2.00. The van der Waals surface area contributed by atoms with Crippen LogP contribution < -0.4 is 0 Å². The quantitative estimate of drug-likeness (QED) is 0.611. The van der Waals surface area contributed by atoms with E-state index in [0.717, 1.165) is 12.0 Å². The maximum absolute atomic E-state index is 11.2. The first kappa shape index (κ1) is 8.98. The Bertz CT molecular complexity index is 300. The Morgan fingerprint density at radius 2 is 2.08 bits per heavy atom. The largest absolute Gasteiger partial charge is 0.295 e. The molecule has 0 atom stereocenters. The normalized spacial score (nSPS) is 9.92. The molecule has 0 fully saturated rings. The predicted molar refractivity (Wildman–Crippen MR) is 50.6 cm³/mol. The maximum atomic E-state index is 11.2. The summed E-state index contributed by atoms with van der Waals surface area (Å²) in [6, 6.07) is 5.88. The second kappa shape index (κ2) is 3.53. The summed E-state index contributed by atoms with van der Waals surface area (Å²) in [6.45, 7) is 5.74. The van der Waals surface area contributed by atoms with Gasteiger partial charge in [0.15, 0.2) is 5.78 Å². The molecule has 12 heavy (non-hydrogen) atoms. The van der Waals surface area contributed by atoms with Gasteiger partial charge in [0.05, 0.1) is 0 Å². The molecule has 0 amide bonds. The van der Waals surface area contributed by atoms with E-state index in [1.807, 2.05) is 25.1 Å². The fourth-order valence-corrected chi connectivity index (χ4v) is 1.50. The molecule has 0 unspecified atom stereocenters. The molecular formula is C11H14O. The van der Waals surface area contributed by atoms with E-state index < -0.39 is 0 Å². The zero-order valence-electron chi connectivity index (χ0n) is 7.85. The van der Waals surface area contributed by atoms with Crippen molar-refractivity contribution in [3.05, 3.63) is 34.9 Å². The highest BCUT2D eigenvalue weighted by Crippen LogP contribution is 2.14. The van der Waals surface area contributed by atoms with Gasteiger partial charge in [-0.3, -0.25) is 4.79 Å². The smallest absolute Gasteiger partial charge is 0.160 e. The van der Waals surface area contributed by atoms with Crippen LogP contribution in [0.3, 0.4) is 0 Å². The Kier molecular flexibility index (Phi) is 2.64. The number of carbonyl (C=O) groups is 1. The first-order valence-electron chi connectivity index (χ1n) is 4.26. The Balaban J connectivity index is 3.27. The number of aryl methyl sites for hydroxylation is 1. The van der Waals surface area contributed by atoms with Crippen molar-refractivity contribution in [2.45, 2.75) is 27.2 Å². The summed E-state index contributed by atoms with van der Waals surface area (Å²) in [7, 11) is 0. The summed E-state index contributed by atoms with van der Waals surface area (Å²) in [5.74, 6) is 0.163. The third kappa shape index (κ3) is 1.55. The van der Waals surface area contributed by atoms with E-state index in [-0.39, 0.29) is 5.78 Å². The number of hydrogen-bond donors (Lipinski definition) is 0. The molecule has 0 saturated carbocycles. The van der Waals surface area contributed by atoms with Crippen molar-refractivity contribution >= 4 is 5.78 Å². The highest BCUT2D eigenvalue weighted by molar-refractivity contribution is 5.95. The molecule has 0 spiro atoms. The van der Waals surface area contributed by atoms with Gasteiger partial charge in [0, 0.05) is 5.56 Å². The number of ketones is 1. The van der Waals surface area contributed by atoms with Gasteiger partial charge >= 0.3 is 0 Å². The average molecular weight is 162 g/mol. The molecule has 1 aromatic rings. The molecule has 0 bridgehead atoms. The van der Waals surface area contributed by atoms with E-state index in [1.165, 1.54) is 11.1 Å². The molecule has 0 radical (unpaired) electrons. The molecule has 0 aliphatic heterocycles. The van der Waals surface area contributed by atoms with Crippen molar-refractivity contribution in [3.63, 3.8) is 0 Å². The van der Waals surface area contributed by atoms with E-state index in [9.17, 15) is 4.79 Å². The summed E-state index contributed by atoms with van der Waals surface area (Å²) in [6.07, 6.45) is 0.932. The number of rotatable bonds is 2. The second-order valence-corrected chi connectivity index (χ2v) is 3.01. The monoisotopic (exact) mass is 162 g/mol. The van der Waals surface area contributed by atoms with Gasteiger partial charge in [-0.05, 0) is 31.4 Å². The fourth-order valence-electron chi connectivity index (χ4n) is 1.50. The maximum Gasteiger partial charge on any atom is 0.160 e. The van der Waals surface area contributed by atoms with Crippen LogP contribution in [0.2, 0.25) is 0 Å². The lowest BCUT2D eigenvalue weighted by Gasteiger charge is -2.06. The molecule has 0 heterocycles. The third-order valence-electron chi connectivity index (χ3n) is 2.14. The molecule has 1 aromatic carbocycles. The van der Waals surface area contributed by atoms with Crippen molar-refractivity contribution in [1.29, 1.82) is 0 Å². The van der Waals surface area contributed by atoms with E-state index in [2.05, 4.69) is 6.92 Å². The van der Waals surface area contributed by atoms with Crippen molar-refractivity contribution in [3.8, 4) is 0 Å². The van der Waals surface area contributed by atoms with Crippen LogP contribution in [0.5, 0.6) is 0 Å². The SMILES string of the molecule is CCc1c(C)cccc1C(C)=O. The standard InChI is InChI=1S/C11H14O/c1-4-10-8(2)6-5-7-11(10)9(3)12/h5-7H,4H2,1-3H3. The van der Waals surface area contributed by atoms with Crippen LogP contribution in [0.4, 0.5) is 0 Å². The van der Waals surface area contributed by atoms with Crippen molar-refractivity contribution in [1.82, 2.24) is 0 Å². The van der Waals surface area contributed by atoms with Gasteiger partial charge in [-0.15, -0.1) is 0 Å². The van der Waals surface area contributed by atoms with Crippen molar-refractivity contribution in [2.24, 2.45) is 0 Å². The topological polar surface area (TPSA) is 17.1 Å². The minimum absolute atomic E-state index is 0.163. The van der Waals surface area contributed by atoms with Crippen LogP contribution in [0.1, 0.15) is 35.3 Å². The minimum atomic E-state index is 0.163. The Hall–Kier alpha value is -1.11. The van der Waals surface area contributed by atoms with Crippen molar-refractivity contribution in [2.75, 3.05) is 0 Å². The summed E-state index contributed by atoms with van der Waals surface area (Å²) < 4.78 is 0. The van der Waals surface area contributed by atoms with Gasteiger partial charge in [-0.1, -0.05) is 25.1 Å². The molecule has 1 heteroatoms. The van der Waals surface area contributed by atoms with E-state index in [1.54, 1.807) is 6.92 Å². The van der Waals surface area contributed by atoms with E-state index in [4.69, 9.17) is 0 Å². The zero-order valence-corrected chi connectivity index (χ0v) is 7.85. The third-order valence-corrected chi connectivity index (χ3v) is 2.14. The van der Waals surface area contributed by atoms with E-state index >= 15 is 0 Å². The van der Waals surface area contributed by atoms with Gasteiger partial charge in [-0.2, -0.15) is 0 Å². The van der Waals surface area contributed by atoms with E-state index in [0.29, 0.717) is 0 Å². The van der Waals surface area contributed by atoms with Crippen LogP contribution in [0, 0.1) is 6.92 Å². The Morgan fingerprint density at radius 1 is 1.42 bits per heavy atom. The average Bonchev–Trinajstić information content (AvgIpc) is 2.03.